The topological polar surface area (TPSA) is 73.1 Å². The Morgan fingerprint density at radius 3 is 2.75 bits per heavy atom. The van der Waals surface area contributed by atoms with E-state index in [2.05, 4.69) is 41.7 Å². The quantitative estimate of drug-likeness (QED) is 0.657. The van der Waals surface area contributed by atoms with E-state index in [0.717, 1.165) is 50.4 Å². The maximum atomic E-state index is 12.3. The summed E-state index contributed by atoms with van der Waals surface area (Å²) in [5.74, 6) is -0.128. The summed E-state index contributed by atoms with van der Waals surface area (Å²) in [4.78, 5) is 14.7. The van der Waals surface area contributed by atoms with Gasteiger partial charge in [0.25, 0.3) is 5.91 Å². The van der Waals surface area contributed by atoms with Crippen molar-refractivity contribution in [3.63, 3.8) is 0 Å². The Balaban J connectivity index is 1.51. The van der Waals surface area contributed by atoms with Crippen LogP contribution in [-0.4, -0.2) is 60.3 Å². The van der Waals surface area contributed by atoms with Gasteiger partial charge in [0.1, 0.15) is 11.4 Å². The first-order valence-electron chi connectivity index (χ1n) is 8.26. The first-order valence-corrected chi connectivity index (χ1v) is 9.05. The molecule has 1 amide bonds. The molecule has 6 nitrogen and oxygen atoms in total. The van der Waals surface area contributed by atoms with Crippen LogP contribution in [0.15, 0.2) is 34.8 Å². The highest BCUT2D eigenvalue weighted by atomic mass is 79.9. The fourth-order valence-electron chi connectivity index (χ4n) is 2.79. The molecule has 2 aromatic rings. The molecule has 3 rings (SSSR count). The zero-order valence-corrected chi connectivity index (χ0v) is 15.1. The Hall–Kier alpha value is -1.70. The number of carbonyl (C=O) groups excluding carboxylic acids is 1. The highest BCUT2D eigenvalue weighted by Gasteiger charge is 2.18. The summed E-state index contributed by atoms with van der Waals surface area (Å²) in [6.07, 6.45) is 0.947. The Morgan fingerprint density at radius 1 is 1.25 bits per heavy atom. The lowest BCUT2D eigenvalue weighted by Gasteiger charge is -2.27. The van der Waals surface area contributed by atoms with Crippen LogP contribution in [0.3, 0.4) is 0 Å². The molecule has 0 spiro atoms. The number of rotatable bonds is 6. The summed E-state index contributed by atoms with van der Waals surface area (Å²) in [6, 6.07) is 9.79. The minimum atomic E-state index is -0.128. The monoisotopic (exact) mass is 391 g/mol. The minimum absolute atomic E-state index is 0.128. The number of piperazine rings is 1. The van der Waals surface area contributed by atoms with Gasteiger partial charge in [0.2, 0.25) is 0 Å². The molecule has 0 bridgehead atoms. The van der Waals surface area contributed by atoms with Crippen molar-refractivity contribution >= 4 is 21.8 Å². The van der Waals surface area contributed by atoms with E-state index >= 15 is 0 Å². The largest absolute Gasteiger partial charge is 0.351 e. The number of aromatic nitrogens is 2. The summed E-state index contributed by atoms with van der Waals surface area (Å²) >= 11 is 3.49. The fraction of sp³-hybridized carbons (Fsp3) is 0.412. The summed E-state index contributed by atoms with van der Waals surface area (Å²) in [6.45, 7) is 5.95. The van der Waals surface area contributed by atoms with Crippen molar-refractivity contribution in [3.05, 3.63) is 40.5 Å². The molecule has 0 atom stereocenters. The average molecular weight is 392 g/mol. The Kier molecular flexibility index (Phi) is 6.01. The standard InChI is InChI=1S/C17H22BrN5O/c18-14-15(13-5-2-1-3-6-13)21-22-16(14)17(24)20-7-4-10-23-11-8-19-9-12-23/h1-3,5-6,19H,4,7-12H2,(H,20,24)(H,21,22). The van der Waals surface area contributed by atoms with Gasteiger partial charge in [0, 0.05) is 38.3 Å². The van der Waals surface area contributed by atoms with E-state index < -0.39 is 0 Å². The van der Waals surface area contributed by atoms with Gasteiger partial charge in [-0.3, -0.25) is 9.89 Å². The zero-order chi connectivity index (χ0) is 16.8. The SMILES string of the molecule is O=C(NCCCN1CCNCC1)c1[nH]nc(-c2ccccc2)c1Br. The number of aromatic amines is 1. The van der Waals surface area contributed by atoms with Gasteiger partial charge in [-0.2, -0.15) is 5.10 Å². The number of hydrogen-bond donors (Lipinski definition) is 3. The van der Waals surface area contributed by atoms with E-state index in [9.17, 15) is 4.79 Å². The van der Waals surface area contributed by atoms with E-state index in [1.54, 1.807) is 0 Å². The van der Waals surface area contributed by atoms with E-state index in [-0.39, 0.29) is 5.91 Å². The molecule has 128 valence electrons. The molecule has 1 aliphatic heterocycles. The van der Waals surface area contributed by atoms with Crippen LogP contribution >= 0.6 is 15.9 Å². The van der Waals surface area contributed by atoms with Crippen LogP contribution in [0.5, 0.6) is 0 Å². The second-order valence-electron chi connectivity index (χ2n) is 5.83. The van der Waals surface area contributed by atoms with Crippen molar-refractivity contribution in [3.8, 4) is 11.3 Å². The molecule has 1 aromatic heterocycles. The van der Waals surface area contributed by atoms with Gasteiger partial charge in [-0.15, -0.1) is 0 Å². The van der Waals surface area contributed by atoms with Crippen molar-refractivity contribution in [1.29, 1.82) is 0 Å². The van der Waals surface area contributed by atoms with E-state index in [4.69, 9.17) is 0 Å². The molecule has 0 radical (unpaired) electrons. The van der Waals surface area contributed by atoms with Crippen molar-refractivity contribution < 1.29 is 4.79 Å². The molecule has 1 aromatic carbocycles. The maximum absolute atomic E-state index is 12.3. The van der Waals surface area contributed by atoms with Gasteiger partial charge in [0.05, 0.1) is 4.47 Å². The number of H-pyrrole nitrogens is 1. The smallest absolute Gasteiger partial charge is 0.270 e. The van der Waals surface area contributed by atoms with Crippen molar-refractivity contribution in [2.45, 2.75) is 6.42 Å². The number of carbonyl (C=O) groups is 1. The Labute approximate surface area is 150 Å². The van der Waals surface area contributed by atoms with Gasteiger partial charge in [0.15, 0.2) is 0 Å². The molecule has 1 aliphatic rings. The van der Waals surface area contributed by atoms with E-state index in [1.165, 1.54) is 0 Å². The lowest BCUT2D eigenvalue weighted by atomic mass is 10.1. The normalized spacial score (nSPS) is 15.4. The van der Waals surface area contributed by atoms with Crippen LogP contribution in [0.1, 0.15) is 16.9 Å². The fourth-order valence-corrected chi connectivity index (χ4v) is 3.38. The number of hydrogen-bond acceptors (Lipinski definition) is 4. The summed E-state index contributed by atoms with van der Waals surface area (Å²) in [5.41, 5.74) is 2.19. The Bertz CT molecular complexity index is 667. The van der Waals surface area contributed by atoms with Gasteiger partial charge in [-0.1, -0.05) is 30.3 Å². The van der Waals surface area contributed by atoms with Crippen molar-refractivity contribution in [1.82, 2.24) is 25.7 Å². The van der Waals surface area contributed by atoms with Crippen LogP contribution in [0.2, 0.25) is 0 Å². The van der Waals surface area contributed by atoms with Crippen molar-refractivity contribution in [2.24, 2.45) is 0 Å². The molecule has 0 aliphatic carbocycles. The number of nitrogens with zero attached hydrogens (tertiary/aromatic N) is 2. The number of amides is 1. The molecule has 0 unspecified atom stereocenters. The molecular formula is C17H22BrN5O. The van der Waals surface area contributed by atoms with Crippen molar-refractivity contribution in [2.75, 3.05) is 39.3 Å². The van der Waals surface area contributed by atoms with Crippen LogP contribution in [-0.2, 0) is 0 Å². The lowest BCUT2D eigenvalue weighted by Crippen LogP contribution is -2.44. The number of nitrogens with one attached hydrogen (secondary N) is 3. The van der Waals surface area contributed by atoms with Crippen LogP contribution in [0.25, 0.3) is 11.3 Å². The van der Waals surface area contributed by atoms with Gasteiger partial charge in [-0.05, 0) is 28.9 Å². The van der Waals surface area contributed by atoms with Crippen LogP contribution < -0.4 is 10.6 Å². The van der Waals surface area contributed by atoms with Gasteiger partial charge >= 0.3 is 0 Å². The molecule has 3 N–H and O–H groups in total. The summed E-state index contributed by atoms with van der Waals surface area (Å²) in [5, 5.41) is 13.4. The molecule has 7 heteroatoms. The first kappa shape index (κ1) is 17.1. The van der Waals surface area contributed by atoms with Gasteiger partial charge < -0.3 is 15.5 Å². The highest BCUT2D eigenvalue weighted by Crippen LogP contribution is 2.28. The third-order valence-corrected chi connectivity index (χ3v) is 4.90. The first-order chi connectivity index (χ1) is 11.8. The molecule has 1 saturated heterocycles. The average Bonchev–Trinajstić information content (AvgIpc) is 3.02. The second-order valence-corrected chi connectivity index (χ2v) is 6.62. The minimum Gasteiger partial charge on any atom is -0.351 e. The summed E-state index contributed by atoms with van der Waals surface area (Å²) in [7, 11) is 0. The predicted molar refractivity (Wildman–Crippen MR) is 98.0 cm³/mol. The molecular weight excluding hydrogens is 370 g/mol. The number of benzene rings is 1. The van der Waals surface area contributed by atoms with Gasteiger partial charge in [-0.25, -0.2) is 0 Å². The van der Waals surface area contributed by atoms with Crippen LogP contribution in [0, 0.1) is 0 Å². The van der Waals surface area contributed by atoms with Crippen LogP contribution in [0.4, 0.5) is 0 Å². The molecule has 24 heavy (non-hydrogen) atoms. The predicted octanol–water partition coefficient (Wildman–Crippen LogP) is 1.86. The molecule has 0 saturated carbocycles. The lowest BCUT2D eigenvalue weighted by molar-refractivity contribution is 0.0945. The highest BCUT2D eigenvalue weighted by molar-refractivity contribution is 9.10. The molecule has 1 fully saturated rings. The third-order valence-electron chi connectivity index (χ3n) is 4.13. The number of halogens is 1. The summed E-state index contributed by atoms with van der Waals surface area (Å²) < 4.78 is 0.702. The third kappa shape index (κ3) is 4.23. The zero-order valence-electron chi connectivity index (χ0n) is 13.5. The van der Waals surface area contributed by atoms with E-state index in [1.807, 2.05) is 30.3 Å². The molecule has 2 heterocycles. The maximum Gasteiger partial charge on any atom is 0.270 e. The van der Waals surface area contributed by atoms with E-state index in [0.29, 0.717) is 16.7 Å². The second kappa shape index (κ2) is 8.41. The Morgan fingerprint density at radius 2 is 2.00 bits per heavy atom.